The maximum absolute atomic E-state index is 5.66. The quantitative estimate of drug-likeness (QED) is 0.817. The van der Waals surface area contributed by atoms with E-state index in [9.17, 15) is 0 Å². The largest absolute Gasteiger partial charge is 0.355 e. The number of thioether (sulfide) groups is 1. The monoisotopic (exact) mass is 240 g/mol. The Hall–Kier alpha value is -0.810. The van der Waals surface area contributed by atoms with Gasteiger partial charge >= 0.3 is 0 Å². The van der Waals surface area contributed by atoms with Gasteiger partial charge in [-0.3, -0.25) is 4.98 Å². The smallest absolute Gasteiger partial charge is 0.151 e. The van der Waals surface area contributed by atoms with Crippen molar-refractivity contribution in [2.75, 3.05) is 24.0 Å². The number of nitrogens with zero attached hydrogens (tertiary/aromatic N) is 3. The van der Waals surface area contributed by atoms with Gasteiger partial charge < -0.3 is 10.6 Å². The summed E-state index contributed by atoms with van der Waals surface area (Å²) in [7, 11) is 2.05. The van der Waals surface area contributed by atoms with E-state index in [0.717, 1.165) is 23.7 Å². The van der Waals surface area contributed by atoms with Gasteiger partial charge in [-0.25, -0.2) is 4.98 Å². The molecule has 0 bridgehead atoms. The minimum absolute atomic E-state index is 0.433. The van der Waals surface area contributed by atoms with Crippen LogP contribution < -0.4 is 10.6 Å². The molecule has 1 unspecified atom stereocenters. The minimum atomic E-state index is 0.433. The molecule has 1 aromatic rings. The van der Waals surface area contributed by atoms with Crippen LogP contribution in [0.15, 0.2) is 12.4 Å². The SMILES string of the molecule is CSCCC(C)N(C)c1nccnc1CN. The fraction of sp³-hybridized carbons (Fsp3) is 0.636. The molecule has 0 aliphatic rings. The summed E-state index contributed by atoms with van der Waals surface area (Å²) in [4.78, 5) is 10.8. The van der Waals surface area contributed by atoms with Crippen LogP contribution in [0.2, 0.25) is 0 Å². The molecular weight excluding hydrogens is 220 g/mol. The average Bonchev–Trinajstić information content (AvgIpc) is 2.34. The Morgan fingerprint density at radius 3 is 2.75 bits per heavy atom. The summed E-state index contributed by atoms with van der Waals surface area (Å²) in [5.74, 6) is 2.06. The van der Waals surface area contributed by atoms with Gasteiger partial charge in [-0.05, 0) is 25.4 Å². The van der Waals surface area contributed by atoms with E-state index in [4.69, 9.17) is 5.73 Å². The molecule has 1 rings (SSSR count). The van der Waals surface area contributed by atoms with Crippen LogP contribution in [0.25, 0.3) is 0 Å². The first-order valence-electron chi connectivity index (χ1n) is 5.42. The summed E-state index contributed by atoms with van der Waals surface area (Å²) in [6, 6.07) is 0.453. The van der Waals surface area contributed by atoms with Crippen molar-refractivity contribution >= 4 is 17.6 Å². The van der Waals surface area contributed by atoms with Gasteiger partial charge in [0.25, 0.3) is 0 Å². The van der Waals surface area contributed by atoms with Crippen molar-refractivity contribution in [3.63, 3.8) is 0 Å². The molecule has 0 aliphatic heterocycles. The third-order valence-electron chi connectivity index (χ3n) is 2.68. The molecule has 0 spiro atoms. The zero-order chi connectivity index (χ0) is 12.0. The van der Waals surface area contributed by atoms with E-state index in [1.807, 2.05) is 18.8 Å². The molecule has 0 saturated carbocycles. The van der Waals surface area contributed by atoms with Crippen molar-refractivity contribution in [2.24, 2.45) is 5.73 Å². The Labute approximate surface area is 102 Å². The summed E-state index contributed by atoms with van der Waals surface area (Å²) in [5.41, 5.74) is 6.52. The van der Waals surface area contributed by atoms with Gasteiger partial charge in [0.2, 0.25) is 0 Å². The molecule has 5 heteroatoms. The molecule has 1 aromatic heterocycles. The molecule has 0 radical (unpaired) electrons. The molecule has 0 aliphatic carbocycles. The molecule has 0 fully saturated rings. The molecule has 2 N–H and O–H groups in total. The summed E-state index contributed by atoms with van der Waals surface area (Å²) < 4.78 is 0. The fourth-order valence-corrected chi connectivity index (χ4v) is 2.07. The Morgan fingerprint density at radius 1 is 1.44 bits per heavy atom. The van der Waals surface area contributed by atoms with Crippen LogP contribution in [0.5, 0.6) is 0 Å². The average molecular weight is 240 g/mol. The molecule has 0 amide bonds. The van der Waals surface area contributed by atoms with E-state index in [0.29, 0.717) is 12.6 Å². The zero-order valence-corrected chi connectivity index (χ0v) is 11.0. The van der Waals surface area contributed by atoms with Gasteiger partial charge in [0.1, 0.15) is 0 Å². The Balaban J connectivity index is 2.74. The first-order valence-corrected chi connectivity index (χ1v) is 6.81. The number of anilines is 1. The standard InChI is InChI=1S/C11H20N4S/c1-9(4-7-16-3)15(2)11-10(8-12)13-5-6-14-11/h5-6,9H,4,7-8,12H2,1-3H3. The number of hydrogen-bond acceptors (Lipinski definition) is 5. The second-order valence-electron chi connectivity index (χ2n) is 3.77. The predicted octanol–water partition coefficient (Wildman–Crippen LogP) is 1.51. The lowest BCUT2D eigenvalue weighted by atomic mass is 10.2. The first-order chi connectivity index (χ1) is 7.70. The van der Waals surface area contributed by atoms with Gasteiger partial charge in [-0.1, -0.05) is 0 Å². The Bertz CT molecular complexity index is 319. The van der Waals surface area contributed by atoms with Crippen LogP contribution in [0.3, 0.4) is 0 Å². The summed E-state index contributed by atoms with van der Waals surface area (Å²) in [6.07, 6.45) is 6.66. The van der Waals surface area contributed by atoms with Crippen molar-refractivity contribution in [3.05, 3.63) is 18.1 Å². The van der Waals surface area contributed by atoms with E-state index >= 15 is 0 Å². The van der Waals surface area contributed by atoms with Crippen LogP contribution in [-0.2, 0) is 6.54 Å². The molecule has 4 nitrogen and oxygen atoms in total. The number of aromatic nitrogens is 2. The minimum Gasteiger partial charge on any atom is -0.355 e. The Morgan fingerprint density at radius 2 is 2.12 bits per heavy atom. The highest BCUT2D eigenvalue weighted by Gasteiger charge is 2.14. The van der Waals surface area contributed by atoms with Gasteiger partial charge in [-0.2, -0.15) is 11.8 Å². The number of rotatable bonds is 6. The van der Waals surface area contributed by atoms with E-state index in [1.54, 1.807) is 12.4 Å². The van der Waals surface area contributed by atoms with E-state index in [-0.39, 0.29) is 0 Å². The van der Waals surface area contributed by atoms with Crippen molar-refractivity contribution in [1.82, 2.24) is 9.97 Å². The van der Waals surface area contributed by atoms with Crippen LogP contribution in [0, 0.1) is 0 Å². The summed E-state index contributed by atoms with van der Waals surface area (Å²) in [5, 5.41) is 0. The van der Waals surface area contributed by atoms with Crippen molar-refractivity contribution in [3.8, 4) is 0 Å². The maximum atomic E-state index is 5.66. The van der Waals surface area contributed by atoms with E-state index < -0.39 is 0 Å². The highest BCUT2D eigenvalue weighted by atomic mass is 32.2. The molecule has 1 heterocycles. The lowest BCUT2D eigenvalue weighted by molar-refractivity contribution is 0.656. The second kappa shape index (κ2) is 6.70. The molecule has 90 valence electrons. The third-order valence-corrected chi connectivity index (χ3v) is 3.32. The van der Waals surface area contributed by atoms with Crippen LogP contribution >= 0.6 is 11.8 Å². The number of nitrogens with two attached hydrogens (primary N) is 1. The second-order valence-corrected chi connectivity index (χ2v) is 4.76. The van der Waals surface area contributed by atoms with Crippen LogP contribution in [-0.4, -0.2) is 35.1 Å². The Kier molecular flexibility index (Phi) is 5.55. The molecular formula is C11H20N4S. The normalized spacial score (nSPS) is 12.5. The highest BCUT2D eigenvalue weighted by Crippen LogP contribution is 2.17. The zero-order valence-electron chi connectivity index (χ0n) is 10.2. The molecule has 0 aromatic carbocycles. The first kappa shape index (κ1) is 13.3. The van der Waals surface area contributed by atoms with E-state index in [2.05, 4.69) is 28.0 Å². The fourth-order valence-electron chi connectivity index (χ4n) is 1.49. The van der Waals surface area contributed by atoms with E-state index in [1.165, 1.54) is 0 Å². The summed E-state index contributed by atoms with van der Waals surface area (Å²) in [6.45, 7) is 2.63. The molecule has 0 saturated heterocycles. The molecule has 16 heavy (non-hydrogen) atoms. The van der Waals surface area contributed by atoms with Gasteiger partial charge in [0, 0.05) is 32.0 Å². The highest BCUT2D eigenvalue weighted by molar-refractivity contribution is 7.98. The van der Waals surface area contributed by atoms with Crippen LogP contribution in [0.1, 0.15) is 19.0 Å². The predicted molar refractivity (Wildman–Crippen MR) is 70.8 cm³/mol. The van der Waals surface area contributed by atoms with Gasteiger partial charge in [0.15, 0.2) is 5.82 Å². The van der Waals surface area contributed by atoms with Crippen molar-refractivity contribution in [1.29, 1.82) is 0 Å². The lowest BCUT2D eigenvalue weighted by Crippen LogP contribution is -2.31. The van der Waals surface area contributed by atoms with Crippen LogP contribution in [0.4, 0.5) is 5.82 Å². The maximum Gasteiger partial charge on any atom is 0.151 e. The summed E-state index contributed by atoms with van der Waals surface area (Å²) >= 11 is 1.87. The topological polar surface area (TPSA) is 55.0 Å². The number of hydrogen-bond donors (Lipinski definition) is 1. The molecule has 1 atom stereocenters. The van der Waals surface area contributed by atoms with Gasteiger partial charge in [0.05, 0.1) is 5.69 Å². The van der Waals surface area contributed by atoms with Gasteiger partial charge in [-0.15, -0.1) is 0 Å². The lowest BCUT2D eigenvalue weighted by Gasteiger charge is -2.26. The van der Waals surface area contributed by atoms with Crippen molar-refractivity contribution in [2.45, 2.75) is 25.9 Å². The third kappa shape index (κ3) is 3.35. The van der Waals surface area contributed by atoms with Crippen molar-refractivity contribution < 1.29 is 0 Å².